The van der Waals surface area contributed by atoms with Crippen LogP contribution >= 0.6 is 23.2 Å². The molecule has 0 fully saturated rings. The molecule has 0 bridgehead atoms. The van der Waals surface area contributed by atoms with Gasteiger partial charge in [0.1, 0.15) is 0 Å². The van der Waals surface area contributed by atoms with Gasteiger partial charge < -0.3 is 0 Å². The van der Waals surface area contributed by atoms with Gasteiger partial charge in [-0.1, -0.05) is 148 Å². The van der Waals surface area contributed by atoms with Crippen molar-refractivity contribution in [3.63, 3.8) is 0 Å². The van der Waals surface area contributed by atoms with Crippen molar-refractivity contribution in [3.8, 4) is 22.3 Å². The maximum absolute atomic E-state index is 8.30. The van der Waals surface area contributed by atoms with Crippen molar-refractivity contribution in [1.82, 2.24) is 0 Å². The van der Waals surface area contributed by atoms with Crippen LogP contribution in [0, 0.1) is 0 Å². The molecule has 4 heteroatoms. The molecule has 248 valence electrons. The minimum atomic E-state index is -1.30. The van der Waals surface area contributed by atoms with Crippen LogP contribution in [0.4, 0.5) is 0 Å². The second kappa shape index (κ2) is 13.9. The molecule has 6 aromatic rings. The molecule has 2 aliphatic carbocycles. The van der Waals surface area contributed by atoms with Crippen molar-refractivity contribution in [2.75, 3.05) is 0 Å². The van der Waals surface area contributed by atoms with E-state index in [0.717, 1.165) is 25.7 Å². The van der Waals surface area contributed by atoms with Crippen molar-refractivity contribution < 1.29 is 26.2 Å². The van der Waals surface area contributed by atoms with Crippen molar-refractivity contribution >= 4 is 65.4 Å². The predicted octanol–water partition coefficient (Wildman–Crippen LogP) is 13.2. The summed E-state index contributed by atoms with van der Waals surface area (Å²) in [5, 5.41) is 5.06. The van der Waals surface area contributed by atoms with E-state index in [2.05, 4.69) is 149 Å². The van der Waals surface area contributed by atoms with E-state index >= 15 is 0 Å². The summed E-state index contributed by atoms with van der Waals surface area (Å²) in [6, 6.07) is 44.4. The average molecular weight is 785 g/mol. The Hall–Kier alpha value is -3.00. The van der Waals surface area contributed by atoms with E-state index in [9.17, 15) is 0 Å². The molecule has 0 saturated carbocycles. The Morgan fingerprint density at radius 2 is 0.840 bits per heavy atom. The van der Waals surface area contributed by atoms with E-state index in [-0.39, 0.29) is 26.2 Å². The molecule has 0 aliphatic heterocycles. The summed E-state index contributed by atoms with van der Waals surface area (Å²) in [7, 11) is -1.30. The van der Waals surface area contributed by atoms with Crippen molar-refractivity contribution in [3.05, 3.63) is 155 Å². The summed E-state index contributed by atoms with van der Waals surface area (Å²) in [4.78, 5) is 0. The Morgan fingerprint density at radius 1 is 0.480 bits per heavy atom. The summed E-state index contributed by atoms with van der Waals surface area (Å²) in [5.41, 5.74) is 15.6. The summed E-state index contributed by atoms with van der Waals surface area (Å²) >= 11 is 16.6. The molecular formula is C46H42Cl2SiZr. The van der Waals surface area contributed by atoms with Gasteiger partial charge in [0.15, 0.2) is 0 Å². The van der Waals surface area contributed by atoms with Crippen LogP contribution in [0.3, 0.4) is 0 Å². The zero-order valence-corrected chi connectivity index (χ0v) is 34.7. The Bertz CT molecular complexity index is 2180. The first-order valence-corrected chi connectivity index (χ1v) is 20.0. The number of hydrogen-bond acceptors (Lipinski definition) is 0. The molecule has 0 saturated heterocycles. The molecule has 8 rings (SSSR count). The molecule has 0 nitrogen and oxygen atoms in total. The van der Waals surface area contributed by atoms with Gasteiger partial charge in [0.05, 0.1) is 18.5 Å². The molecule has 2 aliphatic rings. The van der Waals surface area contributed by atoms with Gasteiger partial charge in [-0.3, -0.25) is 0 Å². The van der Waals surface area contributed by atoms with Gasteiger partial charge in [-0.2, -0.15) is 0 Å². The first-order chi connectivity index (χ1) is 23.8. The normalized spacial score (nSPS) is 19.9. The number of benzene rings is 6. The standard InChI is InChI=1S/C46H42Cl2Si.Zr/c1-5-15-39-29(3)43-37(35-23-11-19-31-17-7-9-21-33(31)35)25-13-27-41(43)45(39,47)49-46(48)40(16-6-2)30(4)44-38(26-14-28-42(44)46)36-24-12-20-32-18-8-10-22-34(32)36;/h7-14,17-28H,5-6,15-16,49H2,1-4H3;. The minimum Gasteiger partial charge on any atom is -0.114 e. The molecule has 0 aromatic heterocycles. The zero-order valence-electron chi connectivity index (χ0n) is 29.3. The van der Waals surface area contributed by atoms with E-state index < -0.39 is 18.5 Å². The summed E-state index contributed by atoms with van der Waals surface area (Å²) in [6.07, 6.45) is 4.02. The summed E-state index contributed by atoms with van der Waals surface area (Å²) < 4.78 is -1.21. The Kier molecular flexibility index (Phi) is 9.81. The van der Waals surface area contributed by atoms with E-state index in [0.29, 0.717) is 0 Å². The van der Waals surface area contributed by atoms with Crippen LogP contribution in [0.25, 0.3) is 54.9 Å². The first kappa shape index (κ1) is 35.4. The third kappa shape index (κ3) is 5.40. The molecule has 6 aromatic carbocycles. The molecule has 0 spiro atoms. The maximum atomic E-state index is 8.30. The number of allylic oxidation sites excluding steroid dienone is 4. The fourth-order valence-corrected chi connectivity index (χ4v) is 14.3. The summed E-state index contributed by atoms with van der Waals surface area (Å²) in [5.74, 6) is 0. The third-order valence-electron chi connectivity index (χ3n) is 11.2. The van der Waals surface area contributed by atoms with Crippen LogP contribution in [0.1, 0.15) is 75.6 Å². The topological polar surface area (TPSA) is 0 Å². The van der Waals surface area contributed by atoms with Crippen LogP contribution in [0.2, 0.25) is 0 Å². The van der Waals surface area contributed by atoms with E-state index in [1.165, 1.54) is 88.3 Å². The number of hydrogen-bond donors (Lipinski definition) is 0. The number of fused-ring (bicyclic) bond motifs is 4. The van der Waals surface area contributed by atoms with E-state index in [1.54, 1.807) is 0 Å². The fourth-order valence-electron chi connectivity index (χ4n) is 9.17. The first-order valence-electron chi connectivity index (χ1n) is 17.8. The molecule has 0 amide bonds. The second-order valence-corrected chi connectivity index (χ2v) is 18.7. The predicted molar refractivity (Wildman–Crippen MR) is 217 cm³/mol. The second-order valence-electron chi connectivity index (χ2n) is 14.0. The average Bonchev–Trinajstić information content (AvgIpc) is 3.47. The van der Waals surface area contributed by atoms with E-state index in [4.69, 9.17) is 23.2 Å². The van der Waals surface area contributed by atoms with Crippen LogP contribution < -0.4 is 0 Å². The fraction of sp³-hybridized carbons (Fsp3) is 0.217. The molecule has 50 heavy (non-hydrogen) atoms. The van der Waals surface area contributed by atoms with Crippen LogP contribution in [0.5, 0.6) is 0 Å². The van der Waals surface area contributed by atoms with Crippen LogP contribution in [0.15, 0.2) is 132 Å². The Labute approximate surface area is 328 Å². The molecule has 0 N–H and O–H groups in total. The molecular weight excluding hydrogens is 743 g/mol. The van der Waals surface area contributed by atoms with Gasteiger partial charge in [0.25, 0.3) is 0 Å². The van der Waals surface area contributed by atoms with Gasteiger partial charge in [0, 0.05) is 26.2 Å². The van der Waals surface area contributed by atoms with Crippen LogP contribution in [-0.2, 0) is 35.2 Å². The molecule has 0 heterocycles. The van der Waals surface area contributed by atoms with Gasteiger partial charge in [0.2, 0.25) is 0 Å². The largest absolute Gasteiger partial charge is 0.114 e. The van der Waals surface area contributed by atoms with Crippen molar-refractivity contribution in [2.24, 2.45) is 0 Å². The van der Waals surface area contributed by atoms with Crippen molar-refractivity contribution in [2.45, 2.75) is 62.4 Å². The van der Waals surface area contributed by atoms with Gasteiger partial charge in [-0.25, -0.2) is 0 Å². The molecule has 0 radical (unpaired) electrons. The number of rotatable bonds is 8. The summed E-state index contributed by atoms with van der Waals surface area (Å²) in [6.45, 7) is 9.18. The third-order valence-corrected chi connectivity index (χ3v) is 15.5. The zero-order chi connectivity index (χ0) is 33.9. The smallest absolute Gasteiger partial charge is 0.0923 e. The Balaban J connectivity index is 0.00000392. The van der Waals surface area contributed by atoms with Gasteiger partial charge in [-0.05, 0) is 115 Å². The molecule has 2 unspecified atom stereocenters. The quantitative estimate of drug-likeness (QED) is 0.107. The Morgan fingerprint density at radius 3 is 1.26 bits per heavy atom. The number of alkyl halides is 2. The SMILES string of the molecule is CCCC1=C(C)c2c(-c3cccc4ccccc34)cccc2C1(Cl)[SiH2]C1(Cl)C(CCC)=C(C)c2c(-c3cccc4ccccc34)cccc21.[Zr]. The number of halogens is 2. The monoisotopic (exact) mass is 782 g/mol. The molecule has 2 atom stereocenters. The van der Waals surface area contributed by atoms with Gasteiger partial charge in [-0.15, -0.1) is 23.2 Å². The van der Waals surface area contributed by atoms with Gasteiger partial charge >= 0.3 is 0 Å². The van der Waals surface area contributed by atoms with E-state index in [1.807, 2.05) is 0 Å². The van der Waals surface area contributed by atoms with Crippen molar-refractivity contribution in [1.29, 1.82) is 0 Å². The van der Waals surface area contributed by atoms with Crippen LogP contribution in [-0.4, -0.2) is 9.52 Å². The minimum absolute atomic E-state index is 0. The maximum Gasteiger partial charge on any atom is 0.0923 e.